The summed E-state index contributed by atoms with van der Waals surface area (Å²) in [6.07, 6.45) is 6.51. The minimum atomic E-state index is 0.560. The fraction of sp³-hybridized carbons (Fsp3) is 0.944. The Morgan fingerprint density at radius 1 is 1.13 bits per heavy atom. The Bertz CT molecular complexity index is 360. The molecular weight excluding hydrogens is 286 g/mol. The zero-order valence-corrected chi connectivity index (χ0v) is 15.6. The summed E-state index contributed by atoms with van der Waals surface area (Å²) in [7, 11) is 1.88. The molecule has 0 amide bonds. The molecule has 0 aromatic carbocycles. The molecule has 2 aliphatic rings. The third kappa shape index (κ3) is 5.96. The van der Waals surface area contributed by atoms with Gasteiger partial charge in [0.25, 0.3) is 0 Å². The van der Waals surface area contributed by atoms with Crippen molar-refractivity contribution in [3.63, 3.8) is 0 Å². The molecule has 1 unspecified atom stereocenters. The van der Waals surface area contributed by atoms with E-state index in [4.69, 9.17) is 0 Å². The lowest BCUT2D eigenvalue weighted by atomic mass is 10.0. The highest BCUT2D eigenvalue weighted by atomic mass is 15.2. The van der Waals surface area contributed by atoms with Crippen LogP contribution in [-0.2, 0) is 0 Å². The van der Waals surface area contributed by atoms with Gasteiger partial charge in [-0.05, 0) is 53.0 Å². The molecule has 2 saturated heterocycles. The van der Waals surface area contributed by atoms with Crippen LogP contribution in [0.15, 0.2) is 4.99 Å². The highest BCUT2D eigenvalue weighted by Gasteiger charge is 2.21. The molecule has 2 rings (SSSR count). The van der Waals surface area contributed by atoms with Crippen LogP contribution in [0, 0.1) is 0 Å². The number of rotatable bonds is 5. The Morgan fingerprint density at radius 2 is 1.87 bits per heavy atom. The molecule has 5 heteroatoms. The predicted molar refractivity (Wildman–Crippen MR) is 99.1 cm³/mol. The first kappa shape index (κ1) is 18.5. The highest BCUT2D eigenvalue weighted by Crippen LogP contribution is 2.15. The van der Waals surface area contributed by atoms with E-state index in [9.17, 15) is 0 Å². The van der Waals surface area contributed by atoms with Crippen molar-refractivity contribution >= 4 is 5.96 Å². The Hall–Kier alpha value is -0.810. The molecule has 0 saturated carbocycles. The standard InChI is InChI=1S/C18H37N5/c1-15(2)22-12-8-17(9-13-22)21-18(19-4)20-10-14-23-11-6-5-7-16(23)3/h15-17H,5-14H2,1-4H3,(H2,19,20,21). The van der Waals surface area contributed by atoms with E-state index >= 15 is 0 Å². The Kier molecular flexibility index (Phi) is 7.63. The summed E-state index contributed by atoms with van der Waals surface area (Å²) in [5.74, 6) is 0.970. The minimum absolute atomic E-state index is 0.560. The molecule has 2 N–H and O–H groups in total. The fourth-order valence-corrected chi connectivity index (χ4v) is 3.76. The second-order valence-electron chi connectivity index (χ2n) is 7.43. The van der Waals surface area contributed by atoms with E-state index in [2.05, 4.69) is 46.2 Å². The lowest BCUT2D eigenvalue weighted by Crippen LogP contribution is -2.51. The minimum Gasteiger partial charge on any atom is -0.355 e. The molecular formula is C18H37N5. The fourth-order valence-electron chi connectivity index (χ4n) is 3.76. The van der Waals surface area contributed by atoms with Gasteiger partial charge in [-0.2, -0.15) is 0 Å². The van der Waals surface area contributed by atoms with Crippen LogP contribution in [-0.4, -0.2) is 73.7 Å². The van der Waals surface area contributed by atoms with Gasteiger partial charge in [0.1, 0.15) is 0 Å². The molecule has 0 spiro atoms. The lowest BCUT2D eigenvalue weighted by Gasteiger charge is -2.36. The topological polar surface area (TPSA) is 42.9 Å². The van der Waals surface area contributed by atoms with Gasteiger partial charge in [0, 0.05) is 51.4 Å². The van der Waals surface area contributed by atoms with E-state index in [1.54, 1.807) is 0 Å². The van der Waals surface area contributed by atoms with Crippen LogP contribution in [0.3, 0.4) is 0 Å². The maximum Gasteiger partial charge on any atom is 0.191 e. The van der Waals surface area contributed by atoms with Gasteiger partial charge in [-0.1, -0.05) is 6.42 Å². The van der Waals surface area contributed by atoms with E-state index in [-0.39, 0.29) is 0 Å². The Morgan fingerprint density at radius 3 is 2.48 bits per heavy atom. The smallest absolute Gasteiger partial charge is 0.191 e. The number of hydrogen-bond acceptors (Lipinski definition) is 3. The van der Waals surface area contributed by atoms with Gasteiger partial charge in [0.15, 0.2) is 5.96 Å². The molecule has 1 atom stereocenters. The quantitative estimate of drug-likeness (QED) is 0.599. The molecule has 0 bridgehead atoms. The molecule has 2 aliphatic heterocycles. The Balaban J connectivity index is 1.66. The van der Waals surface area contributed by atoms with Crippen molar-refractivity contribution in [3.05, 3.63) is 0 Å². The summed E-state index contributed by atoms with van der Waals surface area (Å²) >= 11 is 0. The predicted octanol–water partition coefficient (Wildman–Crippen LogP) is 1.90. The molecule has 23 heavy (non-hydrogen) atoms. The average molecular weight is 324 g/mol. The van der Waals surface area contributed by atoms with E-state index < -0.39 is 0 Å². The summed E-state index contributed by atoms with van der Waals surface area (Å²) in [5, 5.41) is 7.11. The van der Waals surface area contributed by atoms with Crippen LogP contribution >= 0.6 is 0 Å². The van der Waals surface area contributed by atoms with Crippen LogP contribution in [0.5, 0.6) is 0 Å². The number of guanidine groups is 1. The molecule has 5 nitrogen and oxygen atoms in total. The third-order valence-electron chi connectivity index (χ3n) is 5.46. The van der Waals surface area contributed by atoms with E-state index in [1.807, 2.05) is 7.05 Å². The number of nitrogens with zero attached hydrogens (tertiary/aromatic N) is 3. The molecule has 0 aliphatic carbocycles. The number of hydrogen-bond donors (Lipinski definition) is 2. The lowest BCUT2D eigenvalue weighted by molar-refractivity contribution is 0.162. The molecule has 2 heterocycles. The zero-order chi connectivity index (χ0) is 16.7. The summed E-state index contributed by atoms with van der Waals surface area (Å²) in [6, 6.07) is 1.96. The molecule has 134 valence electrons. The van der Waals surface area contributed by atoms with Gasteiger partial charge in [0.2, 0.25) is 0 Å². The first-order chi connectivity index (χ1) is 11.1. The number of nitrogens with one attached hydrogen (secondary N) is 2. The average Bonchev–Trinajstić information content (AvgIpc) is 2.56. The van der Waals surface area contributed by atoms with Crippen molar-refractivity contribution in [3.8, 4) is 0 Å². The van der Waals surface area contributed by atoms with Crippen molar-refractivity contribution in [1.29, 1.82) is 0 Å². The van der Waals surface area contributed by atoms with Gasteiger partial charge in [-0.3, -0.25) is 9.89 Å². The van der Waals surface area contributed by atoms with E-state index in [1.165, 1.54) is 51.7 Å². The van der Waals surface area contributed by atoms with Crippen LogP contribution in [0.25, 0.3) is 0 Å². The summed E-state index contributed by atoms with van der Waals surface area (Å²) in [4.78, 5) is 9.56. The number of piperidine rings is 2. The van der Waals surface area contributed by atoms with E-state index in [0.29, 0.717) is 12.1 Å². The van der Waals surface area contributed by atoms with Crippen LogP contribution in [0.1, 0.15) is 52.9 Å². The van der Waals surface area contributed by atoms with Gasteiger partial charge in [0.05, 0.1) is 0 Å². The van der Waals surface area contributed by atoms with Crippen LogP contribution in [0.4, 0.5) is 0 Å². The monoisotopic (exact) mass is 323 g/mol. The van der Waals surface area contributed by atoms with Crippen molar-refractivity contribution < 1.29 is 0 Å². The Labute approximate surface area is 142 Å². The van der Waals surface area contributed by atoms with Crippen molar-refractivity contribution in [2.45, 2.75) is 71.0 Å². The summed E-state index contributed by atoms with van der Waals surface area (Å²) in [5.41, 5.74) is 0. The number of likely N-dealkylation sites (tertiary alicyclic amines) is 2. The van der Waals surface area contributed by atoms with Crippen molar-refractivity contribution in [2.75, 3.05) is 39.8 Å². The third-order valence-corrected chi connectivity index (χ3v) is 5.46. The SMILES string of the molecule is CN=C(NCCN1CCCCC1C)NC1CCN(C(C)C)CC1. The molecule has 0 radical (unpaired) electrons. The molecule has 0 aromatic rings. The summed E-state index contributed by atoms with van der Waals surface area (Å²) < 4.78 is 0. The number of aliphatic imine (C=N–C) groups is 1. The second-order valence-corrected chi connectivity index (χ2v) is 7.43. The van der Waals surface area contributed by atoms with Crippen LogP contribution in [0.2, 0.25) is 0 Å². The van der Waals surface area contributed by atoms with Gasteiger partial charge < -0.3 is 15.5 Å². The van der Waals surface area contributed by atoms with Gasteiger partial charge >= 0.3 is 0 Å². The normalized spacial score (nSPS) is 25.8. The summed E-state index contributed by atoms with van der Waals surface area (Å²) in [6.45, 7) is 12.7. The first-order valence-electron chi connectivity index (χ1n) is 9.55. The van der Waals surface area contributed by atoms with Gasteiger partial charge in [-0.25, -0.2) is 0 Å². The zero-order valence-electron chi connectivity index (χ0n) is 15.6. The maximum absolute atomic E-state index is 4.40. The van der Waals surface area contributed by atoms with Gasteiger partial charge in [-0.15, -0.1) is 0 Å². The maximum atomic E-state index is 4.40. The highest BCUT2D eigenvalue weighted by molar-refractivity contribution is 5.79. The second kappa shape index (κ2) is 9.48. The van der Waals surface area contributed by atoms with Crippen molar-refractivity contribution in [1.82, 2.24) is 20.4 Å². The van der Waals surface area contributed by atoms with Crippen molar-refractivity contribution in [2.24, 2.45) is 4.99 Å². The molecule has 2 fully saturated rings. The van der Waals surface area contributed by atoms with Crippen LogP contribution < -0.4 is 10.6 Å². The molecule has 0 aromatic heterocycles. The first-order valence-corrected chi connectivity index (χ1v) is 9.55. The largest absolute Gasteiger partial charge is 0.355 e. The van der Waals surface area contributed by atoms with E-state index in [0.717, 1.165) is 25.1 Å².